The second kappa shape index (κ2) is 9.01. The van der Waals surface area contributed by atoms with E-state index in [0.717, 1.165) is 42.7 Å². The van der Waals surface area contributed by atoms with E-state index < -0.39 is 0 Å². The minimum atomic E-state index is -0.238. The fourth-order valence-corrected chi connectivity index (χ4v) is 4.11. The van der Waals surface area contributed by atoms with Crippen LogP contribution in [0.5, 0.6) is 11.5 Å². The molecule has 0 radical (unpaired) electrons. The van der Waals surface area contributed by atoms with Crippen LogP contribution in [0.25, 0.3) is 0 Å². The van der Waals surface area contributed by atoms with Crippen LogP contribution in [0.4, 0.5) is 4.39 Å². The molecule has 1 saturated heterocycles. The van der Waals surface area contributed by atoms with Crippen molar-refractivity contribution in [2.45, 2.75) is 38.3 Å². The summed E-state index contributed by atoms with van der Waals surface area (Å²) in [5, 5.41) is 4.07. The van der Waals surface area contributed by atoms with Gasteiger partial charge in [0, 0.05) is 36.6 Å². The maximum absolute atomic E-state index is 13.0. The SMILES string of the molecule is O=C1CCC(CCNCc2cc3c(cc2Cl)OCO3)N1CCc1ccc(F)cc1. The molecule has 4 rings (SSSR count). The number of hydrogen-bond acceptors (Lipinski definition) is 4. The van der Waals surface area contributed by atoms with Crippen molar-refractivity contribution < 1.29 is 18.7 Å². The molecule has 1 N–H and O–H groups in total. The molecule has 7 heteroatoms. The third-order valence-electron chi connectivity index (χ3n) is 5.52. The molecule has 1 atom stereocenters. The van der Waals surface area contributed by atoms with Crippen molar-refractivity contribution in [2.24, 2.45) is 0 Å². The van der Waals surface area contributed by atoms with Gasteiger partial charge in [-0.15, -0.1) is 0 Å². The van der Waals surface area contributed by atoms with Crippen LogP contribution in [0, 0.1) is 5.82 Å². The van der Waals surface area contributed by atoms with Crippen LogP contribution in [0.15, 0.2) is 36.4 Å². The van der Waals surface area contributed by atoms with Crippen molar-refractivity contribution in [2.75, 3.05) is 19.9 Å². The molecule has 2 aromatic rings. The molecule has 29 heavy (non-hydrogen) atoms. The zero-order chi connectivity index (χ0) is 20.2. The number of fused-ring (bicyclic) bond motifs is 1. The van der Waals surface area contributed by atoms with E-state index >= 15 is 0 Å². The van der Waals surface area contributed by atoms with Crippen LogP contribution in [-0.4, -0.2) is 36.7 Å². The lowest BCUT2D eigenvalue weighted by Crippen LogP contribution is -2.36. The van der Waals surface area contributed by atoms with Gasteiger partial charge in [-0.2, -0.15) is 0 Å². The number of amides is 1. The standard InChI is InChI=1S/C22H24ClFN2O3/c23-19-12-21-20(28-14-29-21)11-16(19)13-25-9-7-18-5-6-22(27)26(18)10-8-15-1-3-17(24)4-2-15/h1-4,11-12,18,25H,5-10,13-14H2. The summed E-state index contributed by atoms with van der Waals surface area (Å²) in [5.41, 5.74) is 2.01. The fourth-order valence-electron chi connectivity index (χ4n) is 3.89. The molecule has 0 bridgehead atoms. The van der Waals surface area contributed by atoms with E-state index in [1.807, 2.05) is 11.0 Å². The number of rotatable bonds is 8. The van der Waals surface area contributed by atoms with Gasteiger partial charge in [0.05, 0.1) is 0 Å². The van der Waals surface area contributed by atoms with Gasteiger partial charge in [0.25, 0.3) is 0 Å². The van der Waals surface area contributed by atoms with Gasteiger partial charge in [0.15, 0.2) is 11.5 Å². The lowest BCUT2D eigenvalue weighted by atomic mass is 10.1. The first-order chi connectivity index (χ1) is 14.1. The number of carbonyl (C=O) groups excluding carboxylic acids is 1. The first-order valence-electron chi connectivity index (χ1n) is 9.93. The number of halogens is 2. The van der Waals surface area contributed by atoms with Crippen molar-refractivity contribution in [3.05, 3.63) is 58.4 Å². The van der Waals surface area contributed by atoms with Gasteiger partial charge in [0.2, 0.25) is 12.7 Å². The van der Waals surface area contributed by atoms with Gasteiger partial charge in [-0.05, 0) is 55.1 Å². The summed E-state index contributed by atoms with van der Waals surface area (Å²) in [6.07, 6.45) is 3.11. The van der Waals surface area contributed by atoms with Crippen LogP contribution in [0.1, 0.15) is 30.4 Å². The Morgan fingerprint density at radius 3 is 2.72 bits per heavy atom. The molecule has 2 aliphatic rings. The number of ether oxygens (including phenoxy) is 2. The Labute approximate surface area is 174 Å². The van der Waals surface area contributed by atoms with Crippen LogP contribution >= 0.6 is 11.6 Å². The number of nitrogens with zero attached hydrogens (tertiary/aromatic N) is 1. The maximum atomic E-state index is 13.0. The van der Waals surface area contributed by atoms with Gasteiger partial charge in [-0.3, -0.25) is 4.79 Å². The van der Waals surface area contributed by atoms with E-state index in [4.69, 9.17) is 21.1 Å². The molecule has 2 aromatic carbocycles. The summed E-state index contributed by atoms with van der Waals surface area (Å²) >= 11 is 6.31. The molecular weight excluding hydrogens is 395 g/mol. The highest BCUT2D eigenvalue weighted by Crippen LogP contribution is 2.36. The first-order valence-corrected chi connectivity index (χ1v) is 10.3. The summed E-state index contributed by atoms with van der Waals surface area (Å²) in [6.45, 7) is 2.32. The maximum Gasteiger partial charge on any atom is 0.231 e. The summed E-state index contributed by atoms with van der Waals surface area (Å²) in [6, 6.07) is 10.4. The topological polar surface area (TPSA) is 50.8 Å². The molecule has 1 unspecified atom stereocenters. The summed E-state index contributed by atoms with van der Waals surface area (Å²) in [5.74, 6) is 1.37. The highest BCUT2D eigenvalue weighted by atomic mass is 35.5. The van der Waals surface area contributed by atoms with Crippen molar-refractivity contribution in [3.8, 4) is 11.5 Å². The van der Waals surface area contributed by atoms with E-state index in [1.165, 1.54) is 12.1 Å². The zero-order valence-electron chi connectivity index (χ0n) is 16.1. The average Bonchev–Trinajstić information content (AvgIpc) is 3.31. The largest absolute Gasteiger partial charge is 0.454 e. The normalized spacial score (nSPS) is 17.9. The first kappa shape index (κ1) is 20.0. The van der Waals surface area contributed by atoms with Crippen LogP contribution < -0.4 is 14.8 Å². The summed E-state index contributed by atoms with van der Waals surface area (Å²) in [7, 11) is 0. The number of likely N-dealkylation sites (tertiary alicyclic amines) is 1. The second-order valence-electron chi connectivity index (χ2n) is 7.42. The predicted molar refractivity (Wildman–Crippen MR) is 109 cm³/mol. The molecule has 5 nitrogen and oxygen atoms in total. The minimum absolute atomic E-state index is 0.205. The van der Waals surface area contributed by atoms with E-state index in [1.54, 1.807) is 18.2 Å². The molecule has 0 saturated carbocycles. The minimum Gasteiger partial charge on any atom is -0.454 e. The van der Waals surface area contributed by atoms with Crippen molar-refractivity contribution in [1.82, 2.24) is 10.2 Å². The van der Waals surface area contributed by atoms with E-state index in [9.17, 15) is 9.18 Å². The Hall–Kier alpha value is -2.31. The van der Waals surface area contributed by atoms with Crippen molar-refractivity contribution >= 4 is 17.5 Å². The Balaban J connectivity index is 1.25. The molecule has 1 fully saturated rings. The molecule has 0 aliphatic carbocycles. The van der Waals surface area contributed by atoms with Gasteiger partial charge in [0.1, 0.15) is 5.82 Å². The molecule has 0 aromatic heterocycles. The Bertz CT molecular complexity index is 875. The Morgan fingerprint density at radius 1 is 1.17 bits per heavy atom. The molecule has 2 aliphatic heterocycles. The predicted octanol–water partition coefficient (Wildman–Crippen LogP) is 3.92. The molecular formula is C22H24ClFN2O3. The highest BCUT2D eigenvalue weighted by molar-refractivity contribution is 6.31. The number of nitrogens with one attached hydrogen (secondary N) is 1. The number of carbonyl (C=O) groups is 1. The summed E-state index contributed by atoms with van der Waals surface area (Å²) < 4.78 is 23.8. The average molecular weight is 419 g/mol. The lowest BCUT2D eigenvalue weighted by molar-refractivity contribution is -0.129. The molecule has 0 spiro atoms. The van der Waals surface area contributed by atoms with E-state index in [2.05, 4.69) is 5.32 Å². The third-order valence-corrected chi connectivity index (χ3v) is 5.87. The van der Waals surface area contributed by atoms with Gasteiger partial charge in [-0.1, -0.05) is 23.7 Å². The second-order valence-corrected chi connectivity index (χ2v) is 7.83. The molecule has 154 valence electrons. The van der Waals surface area contributed by atoms with Crippen LogP contribution in [0.2, 0.25) is 5.02 Å². The van der Waals surface area contributed by atoms with Crippen molar-refractivity contribution in [3.63, 3.8) is 0 Å². The lowest BCUT2D eigenvalue weighted by Gasteiger charge is -2.25. The Kier molecular flexibility index (Phi) is 6.21. The summed E-state index contributed by atoms with van der Waals surface area (Å²) in [4.78, 5) is 14.2. The van der Waals surface area contributed by atoms with Gasteiger partial charge < -0.3 is 19.7 Å². The van der Waals surface area contributed by atoms with Crippen LogP contribution in [0.3, 0.4) is 0 Å². The Morgan fingerprint density at radius 2 is 1.93 bits per heavy atom. The quantitative estimate of drug-likeness (QED) is 0.660. The fraction of sp³-hybridized carbons (Fsp3) is 0.409. The van der Waals surface area contributed by atoms with Crippen molar-refractivity contribution in [1.29, 1.82) is 0 Å². The molecule has 1 amide bonds. The van der Waals surface area contributed by atoms with E-state index in [-0.39, 0.29) is 24.6 Å². The smallest absolute Gasteiger partial charge is 0.231 e. The zero-order valence-corrected chi connectivity index (χ0v) is 16.9. The van der Waals surface area contributed by atoms with Gasteiger partial charge >= 0.3 is 0 Å². The third kappa shape index (κ3) is 4.82. The monoisotopic (exact) mass is 418 g/mol. The van der Waals surface area contributed by atoms with Crippen LogP contribution in [-0.2, 0) is 17.8 Å². The number of hydrogen-bond donors (Lipinski definition) is 1. The van der Waals surface area contributed by atoms with Gasteiger partial charge in [-0.25, -0.2) is 4.39 Å². The molecule has 2 heterocycles. The van der Waals surface area contributed by atoms with E-state index in [0.29, 0.717) is 30.3 Å². The number of benzene rings is 2. The highest BCUT2D eigenvalue weighted by Gasteiger charge is 2.29.